The molecule has 2 aliphatic rings. The van der Waals surface area contributed by atoms with Crippen LogP contribution < -0.4 is 4.74 Å². The fourth-order valence-electron chi connectivity index (χ4n) is 4.27. The first-order valence-corrected chi connectivity index (χ1v) is 11.1. The summed E-state index contributed by atoms with van der Waals surface area (Å²) in [6.45, 7) is 5.01. The lowest BCUT2D eigenvalue weighted by atomic mass is 9.77. The molecule has 2 saturated carbocycles. The van der Waals surface area contributed by atoms with E-state index in [4.69, 9.17) is 21.1 Å². The molecule has 4 heteroatoms. The van der Waals surface area contributed by atoms with Gasteiger partial charge >= 0.3 is 5.97 Å². The van der Waals surface area contributed by atoms with E-state index in [0.717, 1.165) is 42.4 Å². The van der Waals surface area contributed by atoms with Crippen molar-refractivity contribution in [3.8, 4) is 16.9 Å². The second-order valence-corrected chi connectivity index (χ2v) is 8.84. The predicted octanol–water partition coefficient (Wildman–Crippen LogP) is 6.48. The van der Waals surface area contributed by atoms with E-state index in [9.17, 15) is 4.79 Å². The zero-order chi connectivity index (χ0) is 20.4. The molecule has 0 amide bonds. The van der Waals surface area contributed by atoms with E-state index in [2.05, 4.69) is 37.3 Å². The monoisotopic (exact) mass is 412 g/mol. The van der Waals surface area contributed by atoms with E-state index < -0.39 is 5.41 Å². The maximum atomic E-state index is 13.0. The first kappa shape index (κ1) is 20.3. The highest BCUT2D eigenvalue weighted by Crippen LogP contribution is 2.47. The Kier molecular flexibility index (Phi) is 5.87. The topological polar surface area (TPSA) is 35.5 Å². The molecular weight excluding hydrogens is 384 g/mol. The summed E-state index contributed by atoms with van der Waals surface area (Å²) in [5.74, 6) is 1.19. The smallest absolute Gasteiger partial charge is 0.316 e. The van der Waals surface area contributed by atoms with Crippen LogP contribution in [-0.4, -0.2) is 19.2 Å². The number of hydrogen-bond acceptors (Lipinski definition) is 3. The van der Waals surface area contributed by atoms with Crippen molar-refractivity contribution in [1.29, 1.82) is 0 Å². The van der Waals surface area contributed by atoms with Gasteiger partial charge in [-0.05, 0) is 68.7 Å². The van der Waals surface area contributed by atoms with Crippen molar-refractivity contribution in [2.24, 2.45) is 5.92 Å². The highest BCUT2D eigenvalue weighted by atomic mass is 35.5. The lowest BCUT2D eigenvalue weighted by Crippen LogP contribution is -2.34. The molecule has 0 radical (unpaired) electrons. The van der Waals surface area contributed by atoms with Crippen LogP contribution in [0.5, 0.6) is 5.75 Å². The lowest BCUT2D eigenvalue weighted by molar-refractivity contribution is -0.150. The van der Waals surface area contributed by atoms with Gasteiger partial charge in [-0.2, -0.15) is 0 Å². The van der Waals surface area contributed by atoms with Crippen LogP contribution in [-0.2, 0) is 14.9 Å². The first-order chi connectivity index (χ1) is 14.0. The molecule has 0 saturated heterocycles. The van der Waals surface area contributed by atoms with E-state index in [0.29, 0.717) is 29.9 Å². The minimum atomic E-state index is -0.599. The normalized spacial score (nSPS) is 17.9. The van der Waals surface area contributed by atoms with Crippen molar-refractivity contribution in [2.45, 2.75) is 57.8 Å². The SMILES string of the molecule is CCOC(=O)C1(c2cc(OCC3CC3)c(Cl)c(-c3ccc(C)cc3)c2)CCCC1. The van der Waals surface area contributed by atoms with Gasteiger partial charge in [-0.25, -0.2) is 0 Å². The minimum absolute atomic E-state index is 0.122. The Morgan fingerprint density at radius 3 is 2.45 bits per heavy atom. The van der Waals surface area contributed by atoms with Gasteiger partial charge in [0, 0.05) is 5.56 Å². The third-order valence-corrected chi connectivity index (χ3v) is 6.64. The molecule has 0 aromatic heterocycles. The standard InChI is InChI=1S/C25H29ClO3/c1-3-28-24(27)25(12-4-5-13-25)20-14-21(19-10-6-17(2)7-11-19)23(26)22(15-20)29-16-18-8-9-18/h6-7,10-11,14-15,18H,3-5,8-9,12-13,16H2,1-2H3. The molecule has 3 nitrogen and oxygen atoms in total. The van der Waals surface area contributed by atoms with Crippen LogP contribution in [0, 0.1) is 12.8 Å². The highest BCUT2D eigenvalue weighted by Gasteiger charge is 2.45. The Bertz CT molecular complexity index is 878. The molecule has 4 rings (SSSR count). The van der Waals surface area contributed by atoms with Crippen LogP contribution in [0.2, 0.25) is 5.02 Å². The Morgan fingerprint density at radius 1 is 1.14 bits per heavy atom. The number of hydrogen-bond donors (Lipinski definition) is 0. The number of carbonyl (C=O) groups is 1. The molecule has 0 N–H and O–H groups in total. The van der Waals surface area contributed by atoms with Crippen molar-refractivity contribution in [3.05, 3.63) is 52.5 Å². The van der Waals surface area contributed by atoms with Gasteiger partial charge in [-0.15, -0.1) is 0 Å². The summed E-state index contributed by atoms with van der Waals surface area (Å²) in [6.07, 6.45) is 6.11. The average molecular weight is 413 g/mol. The Morgan fingerprint density at radius 2 is 1.83 bits per heavy atom. The molecule has 2 fully saturated rings. The molecule has 2 aromatic rings. The molecule has 2 aromatic carbocycles. The van der Waals surface area contributed by atoms with Gasteiger partial charge in [-0.1, -0.05) is 54.3 Å². The van der Waals surface area contributed by atoms with Crippen LogP contribution in [0.15, 0.2) is 36.4 Å². The van der Waals surface area contributed by atoms with Gasteiger partial charge in [-0.3, -0.25) is 4.79 Å². The molecular formula is C25H29ClO3. The fourth-order valence-corrected chi connectivity index (χ4v) is 4.55. The second kappa shape index (κ2) is 8.39. The molecule has 29 heavy (non-hydrogen) atoms. The van der Waals surface area contributed by atoms with E-state index >= 15 is 0 Å². The van der Waals surface area contributed by atoms with E-state index in [1.807, 2.05) is 13.0 Å². The number of esters is 1. The van der Waals surface area contributed by atoms with Gasteiger partial charge in [0.05, 0.1) is 23.7 Å². The summed E-state index contributed by atoms with van der Waals surface area (Å²) in [6, 6.07) is 12.4. The summed E-state index contributed by atoms with van der Waals surface area (Å²) >= 11 is 6.81. The summed E-state index contributed by atoms with van der Waals surface area (Å²) in [7, 11) is 0. The molecule has 0 atom stereocenters. The highest BCUT2D eigenvalue weighted by molar-refractivity contribution is 6.34. The van der Waals surface area contributed by atoms with Gasteiger partial charge in [0.2, 0.25) is 0 Å². The molecule has 0 heterocycles. The van der Waals surface area contributed by atoms with Crippen LogP contribution in [0.4, 0.5) is 0 Å². The Hall–Kier alpha value is -2.00. The number of halogens is 1. The van der Waals surface area contributed by atoms with Gasteiger partial charge in [0.25, 0.3) is 0 Å². The zero-order valence-corrected chi connectivity index (χ0v) is 18.1. The number of rotatable bonds is 7. The summed E-state index contributed by atoms with van der Waals surface area (Å²) < 4.78 is 11.7. The lowest BCUT2D eigenvalue weighted by Gasteiger charge is -2.28. The Labute approximate surface area is 178 Å². The number of carbonyl (C=O) groups excluding carboxylic acids is 1. The van der Waals surface area contributed by atoms with Crippen molar-refractivity contribution in [1.82, 2.24) is 0 Å². The fraction of sp³-hybridized carbons (Fsp3) is 0.480. The van der Waals surface area contributed by atoms with Crippen LogP contribution in [0.3, 0.4) is 0 Å². The average Bonchev–Trinajstić information content (AvgIpc) is 3.41. The Balaban J connectivity index is 1.81. The van der Waals surface area contributed by atoms with Crippen molar-refractivity contribution in [3.63, 3.8) is 0 Å². The molecule has 0 bridgehead atoms. The maximum absolute atomic E-state index is 13.0. The van der Waals surface area contributed by atoms with Crippen molar-refractivity contribution in [2.75, 3.05) is 13.2 Å². The van der Waals surface area contributed by atoms with Gasteiger partial charge < -0.3 is 9.47 Å². The van der Waals surface area contributed by atoms with Gasteiger partial charge in [0.1, 0.15) is 5.75 Å². The molecule has 0 unspecified atom stereocenters. The third kappa shape index (κ3) is 4.16. The maximum Gasteiger partial charge on any atom is 0.316 e. The molecule has 154 valence electrons. The molecule has 0 spiro atoms. The van der Waals surface area contributed by atoms with Gasteiger partial charge in [0.15, 0.2) is 0 Å². The van der Waals surface area contributed by atoms with E-state index in [1.54, 1.807) is 0 Å². The molecule has 0 aliphatic heterocycles. The zero-order valence-electron chi connectivity index (χ0n) is 17.3. The minimum Gasteiger partial charge on any atom is -0.492 e. The summed E-state index contributed by atoms with van der Waals surface area (Å²) in [4.78, 5) is 13.0. The van der Waals surface area contributed by atoms with Crippen LogP contribution in [0.1, 0.15) is 56.6 Å². The predicted molar refractivity (Wildman–Crippen MR) is 117 cm³/mol. The van der Waals surface area contributed by atoms with Crippen LogP contribution in [0.25, 0.3) is 11.1 Å². The second-order valence-electron chi connectivity index (χ2n) is 8.47. The number of benzene rings is 2. The number of ether oxygens (including phenoxy) is 2. The van der Waals surface area contributed by atoms with E-state index in [-0.39, 0.29) is 5.97 Å². The van der Waals surface area contributed by atoms with Crippen molar-refractivity contribution >= 4 is 17.6 Å². The van der Waals surface area contributed by atoms with Crippen LogP contribution >= 0.6 is 11.6 Å². The molecule has 2 aliphatic carbocycles. The third-order valence-electron chi connectivity index (χ3n) is 6.25. The summed E-state index contributed by atoms with van der Waals surface area (Å²) in [5, 5.41) is 0.621. The van der Waals surface area contributed by atoms with Crippen molar-refractivity contribution < 1.29 is 14.3 Å². The first-order valence-electron chi connectivity index (χ1n) is 10.7. The largest absolute Gasteiger partial charge is 0.492 e. The van der Waals surface area contributed by atoms with E-state index in [1.165, 1.54) is 18.4 Å². The quantitative estimate of drug-likeness (QED) is 0.488. The number of aryl methyl sites for hydroxylation is 1. The summed E-state index contributed by atoms with van der Waals surface area (Å²) in [5.41, 5.74) is 3.53.